The summed E-state index contributed by atoms with van der Waals surface area (Å²) in [6.45, 7) is 2.31. The first kappa shape index (κ1) is 22.7. The Morgan fingerprint density at radius 1 is 1.21 bits per heavy atom. The molecule has 10 nitrogen and oxygen atoms in total. The maximum Gasteiger partial charge on any atom is 0.324 e. The van der Waals surface area contributed by atoms with Crippen LogP contribution in [0.1, 0.15) is 24.2 Å². The van der Waals surface area contributed by atoms with Gasteiger partial charge in [0.1, 0.15) is 30.7 Å². The number of rotatable bonds is 7. The molecular weight excluding hydrogens is 463 g/mol. The van der Waals surface area contributed by atoms with Crippen LogP contribution in [-0.4, -0.2) is 63.4 Å². The molecule has 0 saturated carbocycles. The molecule has 1 fully saturated rings. The minimum Gasteiger partial charge on any atom is -0.474 e. The second-order valence-electron chi connectivity index (χ2n) is 8.21. The molecule has 4 heterocycles. The van der Waals surface area contributed by atoms with Gasteiger partial charge in [-0.3, -0.25) is 4.21 Å². The molecule has 2 aliphatic heterocycles. The summed E-state index contributed by atoms with van der Waals surface area (Å²) in [5, 5.41) is 3.90. The Balaban J connectivity index is 1.24. The number of anilines is 3. The summed E-state index contributed by atoms with van der Waals surface area (Å²) in [5.74, 6) is 1.14. The van der Waals surface area contributed by atoms with Crippen LogP contribution in [0, 0.1) is 5.82 Å². The van der Waals surface area contributed by atoms with Gasteiger partial charge in [-0.1, -0.05) is 5.16 Å². The molecule has 12 heteroatoms. The van der Waals surface area contributed by atoms with Crippen LogP contribution in [0.5, 0.6) is 5.88 Å². The molecule has 0 bridgehead atoms. The highest BCUT2D eigenvalue weighted by Gasteiger charge is 2.28. The Hall–Kier alpha value is -3.12. The number of hydrogen-bond donors (Lipinski definition) is 0. The van der Waals surface area contributed by atoms with Crippen molar-refractivity contribution in [2.75, 3.05) is 42.8 Å². The zero-order chi connectivity index (χ0) is 23.7. The molecule has 0 spiro atoms. The molecule has 2 aliphatic rings. The van der Waals surface area contributed by atoms with E-state index < -0.39 is 16.6 Å². The lowest BCUT2D eigenvalue weighted by Crippen LogP contribution is -2.38. The summed E-state index contributed by atoms with van der Waals surface area (Å²) in [6.07, 6.45) is 5.13. The van der Waals surface area contributed by atoms with Crippen molar-refractivity contribution in [3.8, 4) is 5.88 Å². The number of piperidine rings is 1. The fourth-order valence-electron chi connectivity index (χ4n) is 4.30. The van der Waals surface area contributed by atoms with Gasteiger partial charge in [0.2, 0.25) is 5.88 Å². The van der Waals surface area contributed by atoms with E-state index in [4.69, 9.17) is 14.0 Å². The van der Waals surface area contributed by atoms with Gasteiger partial charge in [-0.25, -0.2) is 14.4 Å². The molecule has 180 valence electrons. The van der Waals surface area contributed by atoms with E-state index in [1.165, 1.54) is 12.4 Å². The zero-order valence-electron chi connectivity index (χ0n) is 18.9. The van der Waals surface area contributed by atoms with Crippen molar-refractivity contribution in [3.63, 3.8) is 0 Å². The molecule has 5 rings (SSSR count). The number of nitrogens with zero attached hydrogens (tertiary/aromatic N) is 6. The van der Waals surface area contributed by atoms with Gasteiger partial charge in [-0.15, -0.1) is 0 Å². The summed E-state index contributed by atoms with van der Waals surface area (Å²) in [5.41, 5.74) is 1.30. The van der Waals surface area contributed by atoms with E-state index in [-0.39, 0.29) is 6.10 Å². The highest BCUT2D eigenvalue weighted by molar-refractivity contribution is 7.84. The first-order chi connectivity index (χ1) is 16.5. The Morgan fingerprint density at radius 3 is 2.79 bits per heavy atom. The predicted molar refractivity (Wildman–Crippen MR) is 122 cm³/mol. The molecular formula is C22H25FN6O4S. The maximum absolute atomic E-state index is 14.9. The van der Waals surface area contributed by atoms with Crippen LogP contribution in [0.2, 0.25) is 0 Å². The lowest BCUT2D eigenvalue weighted by molar-refractivity contribution is 0.161. The van der Waals surface area contributed by atoms with Crippen molar-refractivity contribution < 1.29 is 22.6 Å². The monoisotopic (exact) mass is 488 g/mol. The summed E-state index contributed by atoms with van der Waals surface area (Å²) < 4.78 is 43.1. The lowest BCUT2D eigenvalue weighted by Gasteiger charge is -2.30. The number of halogens is 1. The summed E-state index contributed by atoms with van der Waals surface area (Å²) in [7, 11) is 0.348. The van der Waals surface area contributed by atoms with Crippen molar-refractivity contribution in [2.24, 2.45) is 0 Å². The van der Waals surface area contributed by atoms with E-state index in [1.54, 1.807) is 19.4 Å². The summed E-state index contributed by atoms with van der Waals surface area (Å²) >= 11 is 0. The van der Waals surface area contributed by atoms with Gasteiger partial charge in [-0.2, -0.15) is 4.98 Å². The maximum atomic E-state index is 14.9. The fraction of sp³-hybridized carbons (Fsp3) is 0.455. The average Bonchev–Trinajstić information content (AvgIpc) is 3.48. The molecule has 0 aliphatic carbocycles. The van der Waals surface area contributed by atoms with E-state index in [1.807, 2.05) is 15.9 Å². The minimum atomic E-state index is -1.24. The van der Waals surface area contributed by atoms with Crippen LogP contribution < -0.4 is 14.5 Å². The molecule has 0 radical (unpaired) electrons. The van der Waals surface area contributed by atoms with E-state index in [9.17, 15) is 8.60 Å². The molecule has 3 aromatic rings. The van der Waals surface area contributed by atoms with Gasteiger partial charge in [0, 0.05) is 67.6 Å². The summed E-state index contributed by atoms with van der Waals surface area (Å²) in [4.78, 5) is 17.3. The highest BCUT2D eigenvalue weighted by atomic mass is 32.2. The van der Waals surface area contributed by atoms with Crippen molar-refractivity contribution in [1.29, 1.82) is 0 Å². The van der Waals surface area contributed by atoms with Crippen molar-refractivity contribution >= 4 is 28.3 Å². The quantitative estimate of drug-likeness (QED) is 0.493. The Labute approximate surface area is 198 Å². The van der Waals surface area contributed by atoms with Gasteiger partial charge in [0.05, 0.1) is 5.69 Å². The molecule has 1 atom stereocenters. The first-order valence-electron chi connectivity index (χ1n) is 11.0. The Bertz CT molecular complexity index is 1200. The van der Waals surface area contributed by atoms with Crippen LogP contribution >= 0.6 is 0 Å². The van der Waals surface area contributed by atoms with E-state index in [2.05, 4.69) is 20.1 Å². The number of fused-ring (bicyclic) bond motifs is 1. The minimum absolute atomic E-state index is 0.0231. The average molecular weight is 489 g/mol. The number of aromatic nitrogens is 4. The largest absolute Gasteiger partial charge is 0.474 e. The normalized spacial score (nSPS) is 17.1. The lowest BCUT2D eigenvalue weighted by atomic mass is 10.1. The number of benzene rings is 1. The topological polar surface area (TPSA) is 107 Å². The number of hydrogen-bond acceptors (Lipinski definition) is 10. The van der Waals surface area contributed by atoms with Crippen LogP contribution in [0.4, 0.5) is 21.9 Å². The smallest absolute Gasteiger partial charge is 0.324 e. The van der Waals surface area contributed by atoms with E-state index in [0.717, 1.165) is 18.4 Å². The van der Waals surface area contributed by atoms with Gasteiger partial charge in [-0.05, 0) is 24.1 Å². The molecule has 1 saturated heterocycles. The Kier molecular flexibility index (Phi) is 6.42. The van der Waals surface area contributed by atoms with E-state index >= 15 is 0 Å². The van der Waals surface area contributed by atoms with Crippen LogP contribution in [0.15, 0.2) is 33.9 Å². The number of methoxy groups -OCH3 is 1. The second-order valence-corrected chi connectivity index (χ2v) is 9.59. The van der Waals surface area contributed by atoms with Crippen molar-refractivity contribution in [3.05, 3.63) is 41.7 Å². The molecule has 0 N–H and O–H groups in total. The van der Waals surface area contributed by atoms with Crippen molar-refractivity contribution in [2.45, 2.75) is 36.9 Å². The molecule has 34 heavy (non-hydrogen) atoms. The van der Waals surface area contributed by atoms with Crippen molar-refractivity contribution in [1.82, 2.24) is 20.1 Å². The third-order valence-electron chi connectivity index (χ3n) is 5.96. The second kappa shape index (κ2) is 9.63. The molecule has 1 unspecified atom stereocenters. The highest BCUT2D eigenvalue weighted by Crippen LogP contribution is 2.38. The zero-order valence-corrected chi connectivity index (χ0v) is 19.8. The van der Waals surface area contributed by atoms with Crippen LogP contribution in [0.25, 0.3) is 0 Å². The third-order valence-corrected chi connectivity index (χ3v) is 6.86. The van der Waals surface area contributed by atoms with Gasteiger partial charge in [0.15, 0.2) is 5.82 Å². The van der Waals surface area contributed by atoms with E-state index in [0.29, 0.717) is 66.8 Å². The summed E-state index contributed by atoms with van der Waals surface area (Å²) in [6, 6.07) is 5.37. The molecule has 0 amide bonds. The standard InChI is InChI=1S/C22H25FN6O4S/c1-31-12-18-26-22(33-27-18)28-6-4-15(5-7-28)32-20-11-19(24-13-25-20)29-8-3-14-9-16(34(2)30)10-17(23)21(14)29/h9-11,13,15H,3-8,12H2,1-2H3. The SMILES string of the molecule is COCc1noc(N2CCC(Oc3cc(N4CCc5cc(S(C)=O)cc(F)c54)ncn3)CC2)n1. The van der Waals surface area contributed by atoms with Crippen LogP contribution in [-0.2, 0) is 28.6 Å². The Morgan fingerprint density at radius 2 is 2.03 bits per heavy atom. The molecule has 2 aromatic heterocycles. The molecule has 1 aromatic carbocycles. The first-order valence-corrected chi connectivity index (χ1v) is 12.6. The van der Waals surface area contributed by atoms with Gasteiger partial charge < -0.3 is 23.8 Å². The predicted octanol–water partition coefficient (Wildman–Crippen LogP) is 2.62. The third kappa shape index (κ3) is 4.60. The van der Waals surface area contributed by atoms with Crippen LogP contribution in [0.3, 0.4) is 0 Å². The van der Waals surface area contributed by atoms with Gasteiger partial charge in [0.25, 0.3) is 0 Å². The number of ether oxygens (including phenoxy) is 2. The fourth-order valence-corrected chi connectivity index (χ4v) is 4.88. The van der Waals surface area contributed by atoms with Gasteiger partial charge >= 0.3 is 6.01 Å².